The van der Waals surface area contributed by atoms with Crippen molar-refractivity contribution in [2.24, 2.45) is 5.10 Å². The number of aromatic hydroxyl groups is 1. The molecule has 0 saturated carbocycles. The SMILES string of the molecule is CCN(CC)c1ccc(/C=N/NC(=O)Cc2ccc(Nc3ccnc(C(F)(F)F)c3)cc2)c(O)c1. The molecule has 35 heavy (non-hydrogen) atoms. The van der Waals surface area contributed by atoms with Gasteiger partial charge in [0.25, 0.3) is 0 Å². The number of hydrogen-bond donors (Lipinski definition) is 3. The van der Waals surface area contributed by atoms with Crippen LogP contribution in [0.1, 0.15) is 30.7 Å². The number of carbonyl (C=O) groups excluding carboxylic acids is 1. The number of hydrazone groups is 1. The summed E-state index contributed by atoms with van der Waals surface area (Å²) in [6, 6.07) is 14.3. The number of carbonyl (C=O) groups is 1. The second kappa shape index (κ2) is 11.4. The van der Waals surface area contributed by atoms with Crippen LogP contribution in [0.3, 0.4) is 0 Å². The molecule has 3 rings (SSSR count). The van der Waals surface area contributed by atoms with Crippen molar-refractivity contribution in [3.8, 4) is 5.75 Å². The van der Waals surface area contributed by atoms with Gasteiger partial charge in [0.15, 0.2) is 0 Å². The van der Waals surface area contributed by atoms with Gasteiger partial charge in [0.1, 0.15) is 11.4 Å². The van der Waals surface area contributed by atoms with Crippen molar-refractivity contribution < 1.29 is 23.1 Å². The maximum absolute atomic E-state index is 12.8. The van der Waals surface area contributed by atoms with Crippen molar-refractivity contribution in [2.75, 3.05) is 23.3 Å². The van der Waals surface area contributed by atoms with Crippen LogP contribution in [0.25, 0.3) is 0 Å². The Balaban J connectivity index is 1.54. The Labute approximate surface area is 201 Å². The summed E-state index contributed by atoms with van der Waals surface area (Å²) in [5.41, 5.74) is 4.32. The van der Waals surface area contributed by atoms with Gasteiger partial charge in [0, 0.05) is 48.0 Å². The minimum Gasteiger partial charge on any atom is -0.507 e. The summed E-state index contributed by atoms with van der Waals surface area (Å²) in [7, 11) is 0. The topological polar surface area (TPSA) is 89.9 Å². The summed E-state index contributed by atoms with van der Waals surface area (Å²) < 4.78 is 38.4. The average Bonchev–Trinajstić information content (AvgIpc) is 2.82. The van der Waals surface area contributed by atoms with E-state index in [-0.39, 0.29) is 23.8 Å². The van der Waals surface area contributed by atoms with Gasteiger partial charge in [-0.25, -0.2) is 5.43 Å². The third-order valence-electron chi connectivity index (χ3n) is 5.19. The van der Waals surface area contributed by atoms with E-state index in [4.69, 9.17) is 0 Å². The molecular weight excluding hydrogens is 459 g/mol. The first-order valence-electron chi connectivity index (χ1n) is 11.0. The molecule has 0 aliphatic heterocycles. The maximum Gasteiger partial charge on any atom is 0.433 e. The van der Waals surface area contributed by atoms with Crippen molar-refractivity contribution >= 4 is 29.2 Å². The minimum atomic E-state index is -4.52. The third-order valence-corrected chi connectivity index (χ3v) is 5.19. The lowest BCUT2D eigenvalue weighted by Crippen LogP contribution is -2.21. The fraction of sp³-hybridized carbons (Fsp3) is 0.240. The normalized spacial score (nSPS) is 11.5. The van der Waals surface area contributed by atoms with Gasteiger partial charge in [0.2, 0.25) is 5.91 Å². The van der Waals surface area contributed by atoms with Crippen LogP contribution in [0.15, 0.2) is 65.9 Å². The first-order chi connectivity index (χ1) is 16.7. The summed E-state index contributed by atoms with van der Waals surface area (Å²) in [6.07, 6.45) is -2.01. The van der Waals surface area contributed by atoms with Crippen LogP contribution in [-0.4, -0.2) is 35.3 Å². The summed E-state index contributed by atoms with van der Waals surface area (Å²) in [5, 5.41) is 17.0. The zero-order valence-corrected chi connectivity index (χ0v) is 19.3. The molecule has 1 heterocycles. The predicted molar refractivity (Wildman–Crippen MR) is 130 cm³/mol. The Morgan fingerprint density at radius 3 is 2.40 bits per heavy atom. The van der Waals surface area contributed by atoms with Gasteiger partial charge in [-0.15, -0.1) is 0 Å². The Kier molecular flexibility index (Phi) is 8.30. The molecular formula is C25H26F3N5O2. The lowest BCUT2D eigenvalue weighted by atomic mass is 10.1. The Morgan fingerprint density at radius 1 is 1.06 bits per heavy atom. The van der Waals surface area contributed by atoms with Crippen LogP contribution in [0.2, 0.25) is 0 Å². The fourth-order valence-electron chi connectivity index (χ4n) is 3.36. The van der Waals surface area contributed by atoms with Crippen LogP contribution < -0.4 is 15.6 Å². The number of pyridine rings is 1. The van der Waals surface area contributed by atoms with E-state index in [2.05, 4.69) is 25.7 Å². The van der Waals surface area contributed by atoms with E-state index in [9.17, 15) is 23.1 Å². The van der Waals surface area contributed by atoms with Gasteiger partial charge < -0.3 is 15.3 Å². The highest BCUT2D eigenvalue weighted by Gasteiger charge is 2.32. The average molecular weight is 486 g/mol. The molecule has 0 aliphatic rings. The van der Waals surface area contributed by atoms with Crippen LogP contribution in [0, 0.1) is 0 Å². The highest BCUT2D eigenvalue weighted by Crippen LogP contribution is 2.29. The standard InChI is InChI=1S/C25H26F3N5O2/c1-3-33(4-2)21-10-7-18(22(34)15-21)16-30-32-24(35)13-17-5-8-19(9-6-17)31-20-11-12-29-23(14-20)25(26,27)28/h5-12,14-16,34H,3-4,13H2,1-2H3,(H,29,31)(H,32,35)/b30-16+. The van der Waals surface area contributed by atoms with E-state index in [1.807, 2.05) is 19.9 Å². The number of nitrogens with one attached hydrogen (secondary N) is 2. The minimum absolute atomic E-state index is 0.0536. The van der Waals surface area contributed by atoms with Crippen LogP contribution in [-0.2, 0) is 17.4 Å². The number of anilines is 3. The van der Waals surface area contributed by atoms with Gasteiger partial charge >= 0.3 is 6.18 Å². The van der Waals surface area contributed by atoms with Crippen molar-refractivity contribution in [2.45, 2.75) is 26.4 Å². The van der Waals surface area contributed by atoms with E-state index in [1.165, 1.54) is 12.3 Å². The molecule has 0 unspecified atom stereocenters. The van der Waals surface area contributed by atoms with Crippen LogP contribution in [0.5, 0.6) is 5.75 Å². The lowest BCUT2D eigenvalue weighted by Gasteiger charge is -2.21. The molecule has 1 aromatic heterocycles. The smallest absolute Gasteiger partial charge is 0.433 e. The Bertz CT molecular complexity index is 1180. The monoisotopic (exact) mass is 485 g/mol. The van der Waals surface area contributed by atoms with Crippen molar-refractivity contribution in [1.82, 2.24) is 10.4 Å². The second-order valence-corrected chi connectivity index (χ2v) is 7.63. The first-order valence-corrected chi connectivity index (χ1v) is 11.0. The van der Waals surface area contributed by atoms with E-state index < -0.39 is 11.9 Å². The van der Waals surface area contributed by atoms with Crippen molar-refractivity contribution in [1.29, 1.82) is 0 Å². The van der Waals surface area contributed by atoms with Gasteiger partial charge in [-0.3, -0.25) is 9.78 Å². The van der Waals surface area contributed by atoms with Gasteiger partial charge in [-0.05, 0) is 55.8 Å². The number of nitrogens with zero attached hydrogens (tertiary/aromatic N) is 3. The predicted octanol–water partition coefficient (Wildman–Crippen LogP) is 5.09. The van der Waals surface area contributed by atoms with Gasteiger partial charge in [-0.1, -0.05) is 12.1 Å². The maximum atomic E-state index is 12.8. The Morgan fingerprint density at radius 2 is 1.77 bits per heavy atom. The molecule has 0 fully saturated rings. The van der Waals surface area contributed by atoms with Gasteiger partial charge in [0.05, 0.1) is 12.6 Å². The molecule has 0 bridgehead atoms. The number of phenols is 1. The number of hydrogen-bond acceptors (Lipinski definition) is 6. The summed E-state index contributed by atoms with van der Waals surface area (Å²) >= 11 is 0. The highest BCUT2D eigenvalue weighted by molar-refractivity contribution is 5.86. The zero-order chi connectivity index (χ0) is 25.4. The molecule has 10 heteroatoms. The lowest BCUT2D eigenvalue weighted by molar-refractivity contribution is -0.141. The molecule has 2 aromatic carbocycles. The first kappa shape index (κ1) is 25.5. The second-order valence-electron chi connectivity index (χ2n) is 7.63. The number of phenolic OH excluding ortho intramolecular Hbond substituents is 1. The highest BCUT2D eigenvalue weighted by atomic mass is 19.4. The van der Waals surface area contributed by atoms with Crippen molar-refractivity contribution in [3.05, 3.63) is 77.6 Å². The molecule has 3 aromatic rings. The molecule has 3 N–H and O–H groups in total. The molecule has 184 valence electrons. The summed E-state index contributed by atoms with van der Waals surface area (Å²) in [6.45, 7) is 5.70. The Hall–Kier alpha value is -4.08. The van der Waals surface area contributed by atoms with E-state index >= 15 is 0 Å². The number of halogens is 3. The van der Waals surface area contributed by atoms with Crippen LogP contribution >= 0.6 is 0 Å². The molecule has 0 radical (unpaired) electrons. The van der Waals surface area contributed by atoms with Gasteiger partial charge in [-0.2, -0.15) is 18.3 Å². The number of amides is 1. The number of alkyl halides is 3. The quantitative estimate of drug-likeness (QED) is 0.290. The fourth-order valence-corrected chi connectivity index (χ4v) is 3.36. The molecule has 0 atom stereocenters. The van der Waals surface area contributed by atoms with E-state index in [0.29, 0.717) is 16.8 Å². The summed E-state index contributed by atoms with van der Waals surface area (Å²) in [4.78, 5) is 17.6. The molecule has 0 saturated heterocycles. The molecule has 1 amide bonds. The zero-order valence-electron chi connectivity index (χ0n) is 19.3. The molecule has 0 aliphatic carbocycles. The van der Waals surface area contributed by atoms with Crippen LogP contribution in [0.4, 0.5) is 30.2 Å². The molecule has 0 spiro atoms. The number of benzene rings is 2. The summed E-state index contributed by atoms with van der Waals surface area (Å²) in [5.74, 6) is -0.294. The number of rotatable bonds is 9. The largest absolute Gasteiger partial charge is 0.507 e. The van der Waals surface area contributed by atoms with Crippen molar-refractivity contribution in [3.63, 3.8) is 0 Å². The van der Waals surface area contributed by atoms with E-state index in [0.717, 1.165) is 31.0 Å². The molecule has 7 nitrogen and oxygen atoms in total. The third kappa shape index (κ3) is 7.20. The van der Waals surface area contributed by atoms with E-state index in [1.54, 1.807) is 36.4 Å². The number of aromatic nitrogens is 1.